The third-order valence-electron chi connectivity index (χ3n) is 4.08. The van der Waals surface area contributed by atoms with Crippen LogP contribution in [-0.2, 0) is 24.7 Å². The zero-order valence-corrected chi connectivity index (χ0v) is 17.7. The lowest BCUT2D eigenvalue weighted by Gasteiger charge is -2.16. The summed E-state index contributed by atoms with van der Waals surface area (Å²) in [5.41, 5.74) is 5.84. The lowest BCUT2D eigenvalue weighted by atomic mass is 10.0. The van der Waals surface area contributed by atoms with Crippen molar-refractivity contribution >= 4 is 31.6 Å². The van der Waals surface area contributed by atoms with Crippen molar-refractivity contribution in [3.63, 3.8) is 0 Å². The maximum absolute atomic E-state index is 12.7. The van der Waals surface area contributed by atoms with Crippen molar-refractivity contribution in [1.82, 2.24) is 25.6 Å². The molecule has 13 nitrogen and oxygen atoms in total. The summed E-state index contributed by atoms with van der Waals surface area (Å²) in [6.45, 7) is 1.10. The number of rotatable bonds is 7. The van der Waals surface area contributed by atoms with Crippen LogP contribution >= 0.6 is 0 Å². The molecule has 0 aliphatic carbocycles. The van der Waals surface area contributed by atoms with Gasteiger partial charge in [0.15, 0.2) is 9.84 Å². The Kier molecular flexibility index (Phi) is 6.12. The minimum Gasteiger partial charge on any atom is -0.329 e. The highest BCUT2D eigenvalue weighted by Crippen LogP contribution is 2.38. The lowest BCUT2D eigenvalue weighted by molar-refractivity contribution is -0.114. The Morgan fingerprint density at radius 3 is 2.42 bits per heavy atom. The van der Waals surface area contributed by atoms with Crippen molar-refractivity contribution in [1.29, 1.82) is 0 Å². The highest BCUT2D eigenvalue weighted by atomic mass is 32.2. The Bertz CT molecular complexity index is 1320. The number of hydrogen-bond acceptors (Lipinski definition) is 10. The Labute approximate surface area is 177 Å². The van der Waals surface area contributed by atoms with E-state index in [2.05, 4.69) is 30.9 Å². The summed E-state index contributed by atoms with van der Waals surface area (Å²) in [4.78, 5) is 14.1. The molecule has 2 heterocycles. The van der Waals surface area contributed by atoms with E-state index in [1.54, 1.807) is 6.07 Å². The topological polar surface area (TPSA) is 217 Å². The number of primary sulfonamides is 1. The molecule has 2 aromatic heterocycles. The molecule has 164 valence electrons. The first-order valence-corrected chi connectivity index (χ1v) is 11.8. The first-order valence-electron chi connectivity index (χ1n) is 8.65. The van der Waals surface area contributed by atoms with Crippen molar-refractivity contribution < 1.29 is 21.6 Å². The summed E-state index contributed by atoms with van der Waals surface area (Å²) in [5, 5.41) is 21.2. The van der Waals surface area contributed by atoms with E-state index in [1.165, 1.54) is 25.3 Å². The molecule has 0 aliphatic rings. The number of carbonyl (C=O) groups excluding carboxylic acids is 1. The molecule has 6 N–H and O–H groups in total. The summed E-state index contributed by atoms with van der Waals surface area (Å²) in [7, 11) is -8.66. The van der Waals surface area contributed by atoms with Gasteiger partial charge in [-0.2, -0.15) is 5.21 Å². The molecule has 3 aromatic rings. The maximum Gasteiger partial charge on any atom is 0.240 e. The van der Waals surface area contributed by atoms with Crippen LogP contribution < -0.4 is 16.2 Å². The zero-order chi connectivity index (χ0) is 22.8. The highest BCUT2D eigenvalue weighted by Gasteiger charge is 2.31. The fraction of sp³-hybridized carbons (Fsp3) is 0.188. The number of benzene rings is 1. The van der Waals surface area contributed by atoms with Crippen LogP contribution in [0.15, 0.2) is 40.3 Å². The second-order valence-electron chi connectivity index (χ2n) is 6.32. The van der Waals surface area contributed by atoms with Crippen molar-refractivity contribution in [2.45, 2.75) is 16.7 Å². The summed E-state index contributed by atoms with van der Waals surface area (Å²) in [5.74, 6) is -0.729. The molecule has 0 bridgehead atoms. The van der Waals surface area contributed by atoms with E-state index in [4.69, 9.17) is 10.9 Å². The van der Waals surface area contributed by atoms with Crippen LogP contribution in [0.25, 0.3) is 22.5 Å². The molecule has 0 saturated heterocycles. The van der Waals surface area contributed by atoms with E-state index in [9.17, 15) is 21.6 Å². The third kappa shape index (κ3) is 4.74. The molecule has 15 heteroatoms. The number of sulfonamides is 1. The number of pyridine rings is 1. The summed E-state index contributed by atoms with van der Waals surface area (Å²) >= 11 is 0. The number of sulfone groups is 1. The number of hydrogen-bond donors (Lipinski definition) is 4. The minimum atomic E-state index is -4.57. The minimum absolute atomic E-state index is 0.163. The molecule has 1 amide bonds. The van der Waals surface area contributed by atoms with E-state index in [-0.39, 0.29) is 35.2 Å². The quantitative estimate of drug-likeness (QED) is 0.342. The van der Waals surface area contributed by atoms with Gasteiger partial charge in [-0.1, -0.05) is 6.07 Å². The Hall–Kier alpha value is -3.27. The zero-order valence-electron chi connectivity index (χ0n) is 16.1. The number of amides is 1. The predicted molar refractivity (Wildman–Crippen MR) is 110 cm³/mol. The highest BCUT2D eigenvalue weighted by molar-refractivity contribution is 7.93. The number of aromatic amines is 1. The molecule has 3 rings (SSSR count). The molecule has 0 fully saturated rings. The Morgan fingerprint density at radius 2 is 1.90 bits per heavy atom. The average Bonchev–Trinajstić information content (AvgIpc) is 3.21. The maximum atomic E-state index is 12.7. The van der Waals surface area contributed by atoms with Crippen molar-refractivity contribution in [2.75, 3.05) is 17.6 Å². The van der Waals surface area contributed by atoms with Crippen LogP contribution in [0, 0.1) is 0 Å². The Balaban J connectivity index is 2.35. The fourth-order valence-electron chi connectivity index (χ4n) is 2.89. The van der Waals surface area contributed by atoms with E-state index < -0.39 is 35.4 Å². The number of nitrogens with one attached hydrogen (secondary N) is 2. The molecule has 0 aliphatic heterocycles. The van der Waals surface area contributed by atoms with E-state index in [0.717, 1.165) is 6.07 Å². The van der Waals surface area contributed by atoms with Crippen LogP contribution in [0.4, 0.5) is 5.82 Å². The standard InChI is InChI=1S/C16H18N8O5S2/c1-9(25)20-13-5-2-10(8-19-13)11-3-4-12(30(26,27)7-6-17)15(31(18,28)29)14(11)16-21-23-24-22-16/h2-5,8H,6-7,17H2,1H3,(H2,18,28,29)(H,19,20,25)(H,21,22,23,24). The van der Waals surface area contributed by atoms with Crippen LogP contribution in [0.2, 0.25) is 0 Å². The van der Waals surface area contributed by atoms with Gasteiger partial charge in [0.25, 0.3) is 0 Å². The van der Waals surface area contributed by atoms with E-state index >= 15 is 0 Å². The van der Waals surface area contributed by atoms with Gasteiger partial charge in [0.1, 0.15) is 10.7 Å². The van der Waals surface area contributed by atoms with Crippen LogP contribution in [-0.4, -0.2) is 60.6 Å². The van der Waals surface area contributed by atoms with Crippen LogP contribution in [0.5, 0.6) is 0 Å². The number of carbonyl (C=O) groups is 1. The van der Waals surface area contributed by atoms with Gasteiger partial charge in [-0.3, -0.25) is 4.79 Å². The molecule has 0 radical (unpaired) electrons. The van der Waals surface area contributed by atoms with Crippen LogP contribution in [0.3, 0.4) is 0 Å². The van der Waals surface area contributed by atoms with Gasteiger partial charge in [-0.25, -0.2) is 27.0 Å². The second kappa shape index (κ2) is 8.46. The van der Waals surface area contributed by atoms with Gasteiger partial charge in [-0.15, -0.1) is 10.2 Å². The monoisotopic (exact) mass is 466 g/mol. The average molecular weight is 467 g/mol. The van der Waals surface area contributed by atoms with Gasteiger partial charge >= 0.3 is 0 Å². The molecule has 0 saturated carbocycles. The normalized spacial score (nSPS) is 12.0. The van der Waals surface area contributed by atoms with Crippen molar-refractivity contribution in [3.8, 4) is 22.5 Å². The molecule has 0 unspecified atom stereocenters. The van der Waals surface area contributed by atoms with Crippen molar-refractivity contribution in [2.24, 2.45) is 10.9 Å². The first-order chi connectivity index (χ1) is 14.5. The van der Waals surface area contributed by atoms with Gasteiger partial charge in [0.05, 0.1) is 16.2 Å². The SMILES string of the molecule is CC(=O)Nc1ccc(-c2ccc(S(=O)(=O)CCN)c(S(N)(=O)=O)c2-c2nn[nH]n2)cn1. The lowest BCUT2D eigenvalue weighted by Crippen LogP contribution is -2.22. The molecular weight excluding hydrogens is 448 g/mol. The molecular formula is C16H18N8O5S2. The fourth-order valence-corrected chi connectivity index (χ4v) is 5.65. The number of nitrogens with zero attached hydrogens (tertiary/aromatic N) is 4. The number of nitrogens with two attached hydrogens (primary N) is 2. The first kappa shape index (κ1) is 22.4. The molecule has 31 heavy (non-hydrogen) atoms. The van der Waals surface area contributed by atoms with Crippen LogP contribution in [0.1, 0.15) is 6.92 Å². The van der Waals surface area contributed by atoms with E-state index in [0.29, 0.717) is 5.56 Å². The smallest absolute Gasteiger partial charge is 0.240 e. The molecule has 0 atom stereocenters. The van der Waals surface area contributed by atoms with E-state index in [1.807, 2.05) is 0 Å². The Morgan fingerprint density at radius 1 is 1.16 bits per heavy atom. The number of aromatic nitrogens is 5. The second-order valence-corrected chi connectivity index (χ2v) is 9.89. The van der Waals surface area contributed by atoms with Crippen molar-refractivity contribution in [3.05, 3.63) is 30.5 Å². The predicted octanol–water partition coefficient (Wildman–Crippen LogP) is -0.733. The van der Waals surface area contributed by atoms with Gasteiger partial charge in [0, 0.05) is 25.2 Å². The molecule has 0 spiro atoms. The number of tetrazole rings is 1. The summed E-state index contributed by atoms with van der Waals surface area (Å²) in [6.07, 6.45) is 1.37. The molecule has 1 aromatic carbocycles. The number of H-pyrrole nitrogens is 1. The number of anilines is 1. The van der Waals surface area contributed by atoms with Gasteiger partial charge < -0.3 is 11.1 Å². The third-order valence-corrected chi connectivity index (χ3v) is 6.98. The van der Waals surface area contributed by atoms with Gasteiger partial charge in [0.2, 0.25) is 21.8 Å². The van der Waals surface area contributed by atoms with Gasteiger partial charge in [-0.05, 0) is 29.0 Å². The summed E-state index contributed by atoms with van der Waals surface area (Å²) in [6, 6.07) is 5.56. The summed E-state index contributed by atoms with van der Waals surface area (Å²) < 4.78 is 50.4. The largest absolute Gasteiger partial charge is 0.329 e.